The lowest BCUT2D eigenvalue weighted by molar-refractivity contribution is -0.163. The lowest BCUT2D eigenvalue weighted by Crippen LogP contribution is -2.35. The van der Waals surface area contributed by atoms with Crippen molar-refractivity contribution in [3.05, 3.63) is 36.7 Å². The van der Waals surface area contributed by atoms with Gasteiger partial charge in [-0.25, -0.2) is 4.68 Å². The number of rotatable bonds is 3. The quantitative estimate of drug-likeness (QED) is 0.923. The smallest absolute Gasteiger partial charge is 0.347 e. The molecule has 0 bridgehead atoms. The number of aromatic nitrogens is 2. The van der Waals surface area contributed by atoms with Crippen LogP contribution in [0.5, 0.6) is 5.75 Å². The van der Waals surface area contributed by atoms with Crippen LogP contribution in [-0.2, 0) is 4.74 Å². The minimum atomic E-state index is -2.83. The van der Waals surface area contributed by atoms with E-state index in [0.717, 1.165) is 5.69 Å². The van der Waals surface area contributed by atoms with Gasteiger partial charge in [-0.2, -0.15) is 13.9 Å². The van der Waals surface area contributed by atoms with E-state index < -0.39 is 12.8 Å². The Labute approximate surface area is 107 Å². The maximum absolute atomic E-state index is 12.1. The highest BCUT2D eigenvalue weighted by Crippen LogP contribution is 2.31. The molecule has 1 aliphatic heterocycles. The first-order chi connectivity index (χ1) is 9.22. The highest BCUT2D eigenvalue weighted by atomic mass is 19.3. The highest BCUT2D eigenvalue weighted by Gasteiger charge is 2.22. The molecule has 19 heavy (non-hydrogen) atoms. The predicted molar refractivity (Wildman–Crippen MR) is 62.4 cm³/mol. The third-order valence-electron chi connectivity index (χ3n) is 2.66. The van der Waals surface area contributed by atoms with Crippen LogP contribution in [0, 0.1) is 6.07 Å². The van der Waals surface area contributed by atoms with Crippen LogP contribution in [0.15, 0.2) is 30.6 Å². The largest absolute Gasteiger partial charge is 0.487 e. The number of hydrogen-bond acceptors (Lipinski definition) is 4. The number of alkyl halides is 2. The molecule has 1 aromatic carbocycles. The number of anilines is 1. The standard InChI is InChI=1S/C12H10F2N3O2/c13-12(14)19-11-7-18-10-6-8(2-3-9(10)16-11)17-5-1-4-15-17/h2-6,11-12,16H,7H2. The molecule has 1 aromatic heterocycles. The SMILES string of the molecule is FC(F)OC1COc2cc(-n3c[c]cn3)ccc2N1. The summed E-state index contributed by atoms with van der Waals surface area (Å²) in [5, 5.41) is 6.89. The molecule has 1 atom stereocenters. The fourth-order valence-electron chi connectivity index (χ4n) is 1.84. The van der Waals surface area contributed by atoms with Crippen LogP contribution < -0.4 is 10.1 Å². The topological polar surface area (TPSA) is 48.3 Å². The first-order valence-corrected chi connectivity index (χ1v) is 5.60. The number of ether oxygens (including phenoxy) is 2. The molecule has 2 aromatic rings. The first-order valence-electron chi connectivity index (χ1n) is 5.60. The number of hydrogen-bond donors (Lipinski definition) is 1. The monoisotopic (exact) mass is 266 g/mol. The maximum atomic E-state index is 12.1. The Morgan fingerprint density at radius 3 is 3.16 bits per heavy atom. The number of halogens is 2. The number of nitrogens with zero attached hydrogens (tertiary/aromatic N) is 2. The average Bonchev–Trinajstić information content (AvgIpc) is 2.91. The van der Waals surface area contributed by atoms with Gasteiger partial charge in [0.05, 0.1) is 17.6 Å². The first kappa shape index (κ1) is 11.9. The Bertz CT molecular complexity index is 560. The van der Waals surface area contributed by atoms with E-state index in [9.17, 15) is 8.78 Å². The summed E-state index contributed by atoms with van der Waals surface area (Å²) in [7, 11) is 0. The molecule has 0 spiro atoms. The van der Waals surface area contributed by atoms with Gasteiger partial charge in [-0.1, -0.05) is 0 Å². The fourth-order valence-corrected chi connectivity index (χ4v) is 1.84. The molecule has 1 radical (unpaired) electrons. The van der Waals surface area contributed by atoms with Gasteiger partial charge in [0.15, 0.2) is 6.23 Å². The Hall–Kier alpha value is -2.15. The summed E-state index contributed by atoms with van der Waals surface area (Å²) < 4.78 is 35.6. The second-order valence-corrected chi connectivity index (χ2v) is 3.91. The molecular weight excluding hydrogens is 256 g/mol. The summed E-state index contributed by atoms with van der Waals surface area (Å²) in [5.74, 6) is 0.571. The molecular formula is C12H10F2N3O2. The van der Waals surface area contributed by atoms with Crippen molar-refractivity contribution in [3.8, 4) is 11.4 Å². The van der Waals surface area contributed by atoms with Crippen molar-refractivity contribution in [2.45, 2.75) is 12.8 Å². The maximum Gasteiger partial charge on any atom is 0.347 e. The molecule has 7 heteroatoms. The zero-order valence-corrected chi connectivity index (χ0v) is 9.72. The summed E-state index contributed by atoms with van der Waals surface area (Å²) in [4.78, 5) is 0. The van der Waals surface area contributed by atoms with E-state index in [0.29, 0.717) is 11.4 Å². The van der Waals surface area contributed by atoms with Crippen molar-refractivity contribution in [2.75, 3.05) is 11.9 Å². The summed E-state index contributed by atoms with van der Waals surface area (Å²) in [6, 6.07) is 8.12. The van der Waals surface area contributed by atoms with Crippen LogP contribution in [0.1, 0.15) is 0 Å². The molecule has 99 valence electrons. The molecule has 0 amide bonds. The van der Waals surface area contributed by atoms with E-state index in [2.05, 4.69) is 21.2 Å². The van der Waals surface area contributed by atoms with Crippen LogP contribution >= 0.6 is 0 Å². The zero-order valence-electron chi connectivity index (χ0n) is 9.72. The summed E-state index contributed by atoms with van der Waals surface area (Å²) in [6.45, 7) is -2.81. The second-order valence-electron chi connectivity index (χ2n) is 3.91. The van der Waals surface area contributed by atoms with Gasteiger partial charge in [-0.15, -0.1) is 0 Å². The van der Waals surface area contributed by atoms with Gasteiger partial charge in [0.2, 0.25) is 0 Å². The molecule has 0 fully saturated rings. The van der Waals surface area contributed by atoms with Crippen molar-refractivity contribution in [1.29, 1.82) is 0 Å². The lowest BCUT2D eigenvalue weighted by atomic mass is 10.2. The van der Waals surface area contributed by atoms with Crippen LogP contribution in [0.4, 0.5) is 14.5 Å². The Kier molecular flexibility index (Phi) is 3.04. The van der Waals surface area contributed by atoms with Crippen molar-refractivity contribution in [2.24, 2.45) is 0 Å². The zero-order chi connectivity index (χ0) is 13.2. The van der Waals surface area contributed by atoms with Gasteiger partial charge in [-0.3, -0.25) is 4.74 Å². The van der Waals surface area contributed by atoms with Crippen LogP contribution in [0.2, 0.25) is 0 Å². The predicted octanol–water partition coefficient (Wildman–Crippen LogP) is 2.04. The van der Waals surface area contributed by atoms with Crippen LogP contribution in [0.25, 0.3) is 5.69 Å². The Morgan fingerprint density at radius 2 is 2.42 bits per heavy atom. The van der Waals surface area contributed by atoms with Crippen LogP contribution in [-0.4, -0.2) is 29.2 Å². The molecule has 0 saturated carbocycles. The van der Waals surface area contributed by atoms with Gasteiger partial charge < -0.3 is 10.1 Å². The third-order valence-corrected chi connectivity index (χ3v) is 2.66. The molecule has 1 unspecified atom stereocenters. The number of benzene rings is 1. The highest BCUT2D eigenvalue weighted by molar-refractivity contribution is 5.61. The third kappa shape index (κ3) is 2.50. The van der Waals surface area contributed by atoms with E-state index in [4.69, 9.17) is 4.74 Å². The van der Waals surface area contributed by atoms with E-state index in [1.54, 1.807) is 35.3 Å². The summed E-state index contributed by atoms with van der Waals surface area (Å²) in [5.41, 5.74) is 1.41. The Balaban J connectivity index is 1.81. The summed E-state index contributed by atoms with van der Waals surface area (Å²) >= 11 is 0. The minimum absolute atomic E-state index is 0.0199. The fraction of sp³-hybridized carbons (Fsp3) is 0.250. The van der Waals surface area contributed by atoms with Crippen molar-refractivity contribution < 1.29 is 18.3 Å². The van der Waals surface area contributed by atoms with E-state index >= 15 is 0 Å². The molecule has 0 aliphatic carbocycles. The van der Waals surface area contributed by atoms with E-state index in [-0.39, 0.29) is 6.61 Å². The molecule has 2 heterocycles. The van der Waals surface area contributed by atoms with Gasteiger partial charge in [-0.05, 0) is 12.1 Å². The lowest BCUT2D eigenvalue weighted by Gasteiger charge is -2.27. The number of fused-ring (bicyclic) bond motifs is 1. The Morgan fingerprint density at radius 1 is 1.53 bits per heavy atom. The average molecular weight is 266 g/mol. The number of nitrogens with one attached hydrogen (secondary N) is 1. The van der Waals surface area contributed by atoms with Crippen LogP contribution in [0.3, 0.4) is 0 Å². The molecule has 1 N–H and O–H groups in total. The van der Waals surface area contributed by atoms with Gasteiger partial charge in [0.25, 0.3) is 0 Å². The molecule has 3 rings (SSSR count). The van der Waals surface area contributed by atoms with Gasteiger partial charge in [0.1, 0.15) is 12.4 Å². The van der Waals surface area contributed by atoms with E-state index in [1.807, 2.05) is 0 Å². The summed E-state index contributed by atoms with van der Waals surface area (Å²) in [6.07, 6.45) is 2.38. The molecule has 1 aliphatic rings. The normalized spacial score (nSPS) is 17.7. The second kappa shape index (κ2) is 4.85. The van der Waals surface area contributed by atoms with Gasteiger partial charge >= 0.3 is 6.61 Å². The van der Waals surface area contributed by atoms with E-state index in [1.165, 1.54) is 0 Å². The van der Waals surface area contributed by atoms with Crippen molar-refractivity contribution in [1.82, 2.24) is 9.78 Å². The van der Waals surface area contributed by atoms with Crippen molar-refractivity contribution in [3.63, 3.8) is 0 Å². The van der Waals surface area contributed by atoms with Crippen molar-refractivity contribution >= 4 is 5.69 Å². The molecule has 0 saturated heterocycles. The minimum Gasteiger partial charge on any atom is -0.487 e. The van der Waals surface area contributed by atoms with Gasteiger partial charge in [0, 0.05) is 18.3 Å². The molecule has 5 nitrogen and oxygen atoms in total.